The van der Waals surface area contributed by atoms with Crippen molar-refractivity contribution in [2.45, 2.75) is 180 Å². The second-order valence-corrected chi connectivity index (χ2v) is 14.5. The van der Waals surface area contributed by atoms with Crippen LogP contribution in [-0.2, 0) is 37.5 Å². The third-order valence-corrected chi connectivity index (χ3v) is 9.12. The number of carbonyl (C=O) groups excluding carboxylic acids is 2. The van der Waals surface area contributed by atoms with Crippen LogP contribution in [0.15, 0.2) is 24.3 Å². The van der Waals surface area contributed by atoms with Crippen molar-refractivity contribution in [1.82, 2.24) is 0 Å². The van der Waals surface area contributed by atoms with Crippen molar-refractivity contribution in [3.63, 3.8) is 0 Å². The van der Waals surface area contributed by atoms with E-state index in [2.05, 4.69) is 42.7 Å². The average Bonchev–Trinajstić information content (AvgIpc) is 3.09. The molecule has 12 heteroatoms. The molecule has 3 atom stereocenters. The van der Waals surface area contributed by atoms with Gasteiger partial charge in [0.1, 0.15) is 12.6 Å². The van der Waals surface area contributed by atoms with Gasteiger partial charge in [-0.05, 0) is 57.8 Å². The van der Waals surface area contributed by atoms with Crippen molar-refractivity contribution in [2.75, 3.05) is 19.8 Å². The predicted octanol–water partition coefficient (Wildman–Crippen LogP) is 9.50. The number of hydrogen-bond acceptors (Lipinski definition) is 9. The summed E-state index contributed by atoms with van der Waals surface area (Å²) >= 11 is 0. The first-order valence-corrected chi connectivity index (χ1v) is 20.9. The molecule has 0 heterocycles. The lowest BCUT2D eigenvalue weighted by Gasteiger charge is -2.20. The van der Waals surface area contributed by atoms with Crippen LogP contribution in [0.5, 0.6) is 0 Å². The highest BCUT2D eigenvalue weighted by Gasteiger charge is 2.28. The molecule has 292 valence electrons. The lowest BCUT2D eigenvalue weighted by atomic mass is 10.1. The van der Waals surface area contributed by atoms with Crippen LogP contribution in [0.2, 0.25) is 0 Å². The van der Waals surface area contributed by atoms with Crippen LogP contribution in [0.25, 0.3) is 0 Å². The summed E-state index contributed by atoms with van der Waals surface area (Å²) in [6.45, 7) is 2.72. The molecule has 4 N–H and O–H groups in total. The number of esters is 2. The fourth-order valence-electron chi connectivity index (χ4n) is 5.04. The van der Waals surface area contributed by atoms with E-state index in [1.807, 2.05) is 0 Å². The molecule has 0 rings (SSSR count). The maximum Gasteiger partial charge on any atom is 0.472 e. The highest BCUT2D eigenvalue weighted by molar-refractivity contribution is 7.47. The van der Waals surface area contributed by atoms with Crippen molar-refractivity contribution in [3.8, 4) is 0 Å². The quantitative estimate of drug-likeness (QED) is 0.0242. The molecule has 50 heavy (non-hydrogen) atoms. The highest BCUT2D eigenvalue weighted by atomic mass is 31.2. The third-order valence-electron chi connectivity index (χ3n) is 8.17. The van der Waals surface area contributed by atoms with Gasteiger partial charge in [-0.25, -0.2) is 4.57 Å². The van der Waals surface area contributed by atoms with E-state index in [4.69, 9.17) is 24.8 Å². The number of carbonyl (C=O) groups is 3. The Bertz CT molecular complexity index is 958. The van der Waals surface area contributed by atoms with E-state index >= 15 is 0 Å². The zero-order valence-corrected chi connectivity index (χ0v) is 32.1. The van der Waals surface area contributed by atoms with E-state index in [1.165, 1.54) is 64.2 Å². The Labute approximate surface area is 302 Å². The fraction of sp³-hybridized carbons (Fsp3) is 0.816. The molecule has 0 aromatic rings. The molecule has 0 aliphatic rings. The molecule has 0 aliphatic heterocycles. The third kappa shape index (κ3) is 33.1. The molecule has 0 aromatic carbocycles. The molecule has 0 saturated carbocycles. The van der Waals surface area contributed by atoms with E-state index in [-0.39, 0.29) is 19.4 Å². The van der Waals surface area contributed by atoms with E-state index in [0.717, 1.165) is 64.2 Å². The highest BCUT2D eigenvalue weighted by Crippen LogP contribution is 2.43. The number of aliphatic carboxylic acids is 1. The summed E-state index contributed by atoms with van der Waals surface area (Å²) in [4.78, 5) is 45.7. The smallest absolute Gasteiger partial charge is 0.472 e. The van der Waals surface area contributed by atoms with Crippen molar-refractivity contribution < 1.29 is 47.5 Å². The summed E-state index contributed by atoms with van der Waals surface area (Å²) in [5, 5.41) is 8.85. The summed E-state index contributed by atoms with van der Waals surface area (Å²) in [6, 6.07) is -1.52. The number of carboxylic acid groups (broad SMARTS) is 1. The van der Waals surface area contributed by atoms with Crippen LogP contribution >= 0.6 is 7.82 Å². The SMILES string of the molecule is CCCC/C=C/CCCCCCCC(=O)O[C@H](COC(=O)CCCCC/C=C/CCCCCCCCCC)COP(=O)(O)OC[C@H](N)C(=O)O. The molecule has 0 amide bonds. The first kappa shape index (κ1) is 48.0. The van der Waals surface area contributed by atoms with E-state index in [1.54, 1.807) is 0 Å². The molecule has 11 nitrogen and oxygen atoms in total. The van der Waals surface area contributed by atoms with Crippen LogP contribution in [0.4, 0.5) is 0 Å². The number of rotatable bonds is 36. The molecule has 0 aromatic heterocycles. The van der Waals surface area contributed by atoms with Crippen molar-refractivity contribution in [3.05, 3.63) is 24.3 Å². The largest absolute Gasteiger partial charge is 0.480 e. The standard InChI is InChI=1S/C38H70NO10P/c1-3-5-7-9-11-13-15-16-17-18-20-21-23-25-27-29-36(40)46-31-34(32-47-50(44,45)48-33-35(39)38(42)43)49-37(41)30-28-26-24-22-19-14-12-10-8-6-4-2/h10,12,18,20,34-35H,3-9,11,13-17,19,21-33,39H2,1-2H3,(H,42,43)(H,44,45)/b12-10+,20-18+/t34-,35+/m1/s1. The summed E-state index contributed by atoms with van der Waals surface area (Å²) in [7, 11) is -4.71. The first-order valence-electron chi connectivity index (χ1n) is 19.4. The van der Waals surface area contributed by atoms with Gasteiger partial charge in [0.25, 0.3) is 0 Å². The van der Waals surface area contributed by atoms with Gasteiger partial charge in [-0.1, -0.05) is 122 Å². The summed E-state index contributed by atoms with van der Waals surface area (Å²) in [5.74, 6) is -2.41. The Morgan fingerprint density at radius 2 is 1.02 bits per heavy atom. The average molecular weight is 732 g/mol. The molecule has 0 fully saturated rings. The molecule has 0 radical (unpaired) electrons. The van der Waals surface area contributed by atoms with E-state index in [9.17, 15) is 23.8 Å². The van der Waals surface area contributed by atoms with Gasteiger partial charge in [-0.2, -0.15) is 0 Å². The van der Waals surface area contributed by atoms with Crippen LogP contribution in [0.1, 0.15) is 168 Å². The van der Waals surface area contributed by atoms with Crippen molar-refractivity contribution in [1.29, 1.82) is 0 Å². The number of ether oxygens (including phenoxy) is 2. The second-order valence-electron chi connectivity index (χ2n) is 13.1. The summed E-state index contributed by atoms with van der Waals surface area (Å²) in [5.41, 5.74) is 5.31. The van der Waals surface area contributed by atoms with Crippen LogP contribution < -0.4 is 5.73 Å². The van der Waals surface area contributed by atoms with Gasteiger partial charge in [0.05, 0.1) is 13.2 Å². The normalized spacial score (nSPS) is 14.2. The number of carboxylic acids is 1. The monoisotopic (exact) mass is 731 g/mol. The maximum atomic E-state index is 12.5. The zero-order valence-electron chi connectivity index (χ0n) is 31.2. The van der Waals surface area contributed by atoms with Crippen LogP contribution in [0.3, 0.4) is 0 Å². The van der Waals surface area contributed by atoms with Gasteiger partial charge in [0.15, 0.2) is 6.10 Å². The summed E-state index contributed by atoms with van der Waals surface area (Å²) < 4.78 is 32.5. The van der Waals surface area contributed by atoms with Gasteiger partial charge in [0.2, 0.25) is 0 Å². The minimum absolute atomic E-state index is 0.149. The molecule has 1 unspecified atom stereocenters. The topological polar surface area (TPSA) is 172 Å². The lowest BCUT2D eigenvalue weighted by molar-refractivity contribution is -0.161. The van der Waals surface area contributed by atoms with Gasteiger partial charge < -0.3 is 25.2 Å². The van der Waals surface area contributed by atoms with Crippen molar-refractivity contribution in [2.24, 2.45) is 5.73 Å². The first-order chi connectivity index (χ1) is 24.1. The molecular formula is C38H70NO10P. The maximum absolute atomic E-state index is 12.5. The summed E-state index contributed by atoms with van der Waals surface area (Å²) in [6.07, 6.45) is 32.5. The van der Waals surface area contributed by atoms with Gasteiger partial charge >= 0.3 is 25.7 Å². The molecule has 0 spiro atoms. The van der Waals surface area contributed by atoms with Gasteiger partial charge in [-0.15, -0.1) is 0 Å². The number of hydrogen-bond donors (Lipinski definition) is 3. The number of unbranched alkanes of at least 4 members (excludes halogenated alkanes) is 18. The van der Waals surface area contributed by atoms with E-state index in [0.29, 0.717) is 12.8 Å². The Balaban J connectivity index is 4.44. The second kappa shape index (κ2) is 34.1. The zero-order chi connectivity index (χ0) is 37.1. The molecule has 0 saturated heterocycles. The Morgan fingerprint density at radius 1 is 0.600 bits per heavy atom. The fourth-order valence-corrected chi connectivity index (χ4v) is 5.82. The predicted molar refractivity (Wildman–Crippen MR) is 199 cm³/mol. The van der Waals surface area contributed by atoms with Crippen LogP contribution in [-0.4, -0.2) is 59.9 Å². The van der Waals surface area contributed by atoms with E-state index < -0.39 is 51.1 Å². The number of allylic oxidation sites excluding steroid dienone is 4. The molecule has 0 aliphatic carbocycles. The number of phosphoric acid groups is 1. The van der Waals surface area contributed by atoms with Gasteiger partial charge in [-0.3, -0.25) is 23.4 Å². The Kier molecular flexibility index (Phi) is 32.7. The Morgan fingerprint density at radius 3 is 1.54 bits per heavy atom. The van der Waals surface area contributed by atoms with Crippen molar-refractivity contribution >= 4 is 25.7 Å². The minimum Gasteiger partial charge on any atom is -0.480 e. The van der Waals surface area contributed by atoms with Crippen LogP contribution in [0, 0.1) is 0 Å². The van der Waals surface area contributed by atoms with Gasteiger partial charge in [0, 0.05) is 12.8 Å². The number of nitrogens with two attached hydrogens (primary N) is 1. The minimum atomic E-state index is -4.71. The molecule has 0 bridgehead atoms. The Hall–Kier alpha value is -2.04. The number of phosphoric ester groups is 1. The molecular weight excluding hydrogens is 661 g/mol. The lowest BCUT2D eigenvalue weighted by Crippen LogP contribution is -2.34.